The van der Waals surface area contributed by atoms with Gasteiger partial charge in [-0.05, 0) is 47.8 Å². The van der Waals surface area contributed by atoms with Crippen LogP contribution in [0.1, 0.15) is 16.2 Å². The molecule has 5 aromatic rings. The topological polar surface area (TPSA) is 90.5 Å². The maximum Gasteiger partial charge on any atom is 0.416 e. The van der Waals surface area contributed by atoms with E-state index in [4.69, 9.17) is 0 Å². The van der Waals surface area contributed by atoms with Gasteiger partial charge in [-0.1, -0.05) is 12.1 Å². The molecule has 3 heterocycles. The quantitative estimate of drug-likeness (QED) is 0.344. The smallest absolute Gasteiger partial charge is 0.319 e. The summed E-state index contributed by atoms with van der Waals surface area (Å²) in [7, 11) is 0. The number of nitrogens with one attached hydrogen (secondary N) is 1. The van der Waals surface area contributed by atoms with Crippen LogP contribution in [-0.4, -0.2) is 35.4 Å². The van der Waals surface area contributed by atoms with E-state index >= 15 is 0 Å². The molecule has 0 saturated carbocycles. The number of thiophene rings is 1. The van der Waals surface area contributed by atoms with Gasteiger partial charge in [0, 0.05) is 5.69 Å². The van der Waals surface area contributed by atoms with Crippen LogP contribution >= 0.6 is 11.3 Å². The summed E-state index contributed by atoms with van der Waals surface area (Å²) >= 11 is 1.29. The third kappa shape index (κ3) is 4.53. The lowest BCUT2D eigenvalue weighted by Gasteiger charge is -2.09. The number of benzene rings is 2. The van der Waals surface area contributed by atoms with Crippen molar-refractivity contribution in [2.24, 2.45) is 0 Å². The Morgan fingerprint density at radius 3 is 2.60 bits per heavy atom. The minimum atomic E-state index is -4.55. The molecule has 35 heavy (non-hydrogen) atoms. The van der Waals surface area contributed by atoms with Gasteiger partial charge in [-0.15, -0.1) is 16.4 Å². The molecular weight excluding hydrogens is 486 g/mol. The Bertz CT molecular complexity index is 1490. The van der Waals surface area contributed by atoms with Crippen LogP contribution in [-0.2, 0) is 6.18 Å². The van der Waals surface area contributed by atoms with Gasteiger partial charge in [0.2, 0.25) is 5.82 Å². The molecule has 0 saturated heterocycles. The molecule has 0 fully saturated rings. The molecule has 13 heteroatoms. The molecule has 5 rings (SSSR count). The molecule has 176 valence electrons. The van der Waals surface area contributed by atoms with E-state index in [-0.39, 0.29) is 28.7 Å². The van der Waals surface area contributed by atoms with Gasteiger partial charge in [-0.3, -0.25) is 4.79 Å². The van der Waals surface area contributed by atoms with E-state index in [1.165, 1.54) is 57.6 Å². The number of halogens is 4. The van der Waals surface area contributed by atoms with E-state index in [1.54, 1.807) is 17.5 Å². The molecular formula is C22H13F4N7OS. The third-order valence-electron chi connectivity index (χ3n) is 4.84. The average Bonchev–Trinajstić information content (AvgIpc) is 3.60. The van der Waals surface area contributed by atoms with E-state index < -0.39 is 23.5 Å². The van der Waals surface area contributed by atoms with Gasteiger partial charge in [-0.2, -0.15) is 18.3 Å². The molecule has 0 atom stereocenters. The maximum atomic E-state index is 14.5. The standard InChI is InChI=1S/C22H13F4N7OS/c23-16-10-14(6-7-17(16)32-12-27-11-28-32)29-21(34)19-30-20(18-5-2-8-35-18)33(31-19)15-4-1-3-13(9-15)22(24,25)26/h1-12H,(H,29,34). The van der Waals surface area contributed by atoms with Crippen LogP contribution in [0.4, 0.5) is 23.2 Å². The van der Waals surface area contributed by atoms with Crippen LogP contribution in [0.25, 0.3) is 22.1 Å². The van der Waals surface area contributed by atoms with Crippen molar-refractivity contribution in [1.82, 2.24) is 29.5 Å². The molecule has 1 amide bonds. The molecule has 0 radical (unpaired) electrons. The Kier molecular flexibility index (Phi) is 5.61. The van der Waals surface area contributed by atoms with Gasteiger partial charge in [-0.25, -0.2) is 23.7 Å². The van der Waals surface area contributed by atoms with E-state index in [1.807, 2.05) is 0 Å². The van der Waals surface area contributed by atoms with Crippen molar-refractivity contribution in [3.05, 3.63) is 89.8 Å². The molecule has 0 spiro atoms. The first-order valence-corrected chi connectivity index (χ1v) is 10.8. The van der Waals surface area contributed by atoms with Crippen molar-refractivity contribution in [3.63, 3.8) is 0 Å². The third-order valence-corrected chi connectivity index (χ3v) is 5.71. The summed E-state index contributed by atoms with van der Waals surface area (Å²) in [6.07, 6.45) is -1.97. The lowest BCUT2D eigenvalue weighted by molar-refractivity contribution is -0.137. The average molecular weight is 499 g/mol. The van der Waals surface area contributed by atoms with Gasteiger partial charge >= 0.3 is 6.18 Å². The second kappa shape index (κ2) is 8.76. The van der Waals surface area contributed by atoms with Crippen LogP contribution < -0.4 is 5.32 Å². The minimum Gasteiger partial charge on any atom is -0.319 e. The van der Waals surface area contributed by atoms with Gasteiger partial charge in [0.1, 0.15) is 18.3 Å². The molecule has 8 nitrogen and oxygen atoms in total. The first kappa shape index (κ1) is 22.4. The fraction of sp³-hybridized carbons (Fsp3) is 0.0455. The Labute approximate surface area is 198 Å². The Morgan fingerprint density at radius 2 is 1.91 bits per heavy atom. The zero-order chi connectivity index (χ0) is 24.6. The lowest BCUT2D eigenvalue weighted by atomic mass is 10.2. The van der Waals surface area contributed by atoms with Crippen LogP contribution in [0.3, 0.4) is 0 Å². The number of rotatable bonds is 5. The number of carbonyl (C=O) groups is 1. The number of hydrogen-bond acceptors (Lipinski definition) is 6. The van der Waals surface area contributed by atoms with Crippen LogP contribution in [0.2, 0.25) is 0 Å². The van der Waals surface area contributed by atoms with Gasteiger partial charge < -0.3 is 5.32 Å². The SMILES string of the molecule is O=C(Nc1ccc(-n2cncn2)c(F)c1)c1nc(-c2cccs2)n(-c2cccc(C(F)(F)F)c2)n1. The summed E-state index contributed by atoms with van der Waals surface area (Å²) < 4.78 is 56.6. The van der Waals surface area contributed by atoms with Gasteiger partial charge in [0.25, 0.3) is 5.91 Å². The normalized spacial score (nSPS) is 11.5. The molecule has 0 aliphatic carbocycles. The molecule has 1 N–H and O–H groups in total. The first-order valence-electron chi connectivity index (χ1n) is 9.94. The van der Waals surface area contributed by atoms with E-state index in [9.17, 15) is 22.4 Å². The highest BCUT2D eigenvalue weighted by molar-refractivity contribution is 7.13. The number of amides is 1. The predicted octanol–water partition coefficient (Wildman–Crippen LogP) is 4.99. The number of anilines is 1. The van der Waals surface area contributed by atoms with E-state index in [0.717, 1.165) is 18.2 Å². The fourth-order valence-electron chi connectivity index (χ4n) is 3.26. The Hall–Kier alpha value is -4.39. The number of alkyl halides is 3. The monoisotopic (exact) mass is 499 g/mol. The second-order valence-corrected chi connectivity index (χ2v) is 8.10. The fourth-order valence-corrected chi connectivity index (χ4v) is 3.96. The van der Waals surface area contributed by atoms with Crippen LogP contribution in [0.15, 0.2) is 72.6 Å². The lowest BCUT2D eigenvalue weighted by Crippen LogP contribution is -2.15. The van der Waals surface area contributed by atoms with Crippen molar-refractivity contribution in [1.29, 1.82) is 0 Å². The van der Waals surface area contributed by atoms with Gasteiger partial charge in [0.15, 0.2) is 11.6 Å². The number of hydrogen-bond donors (Lipinski definition) is 1. The van der Waals surface area contributed by atoms with E-state index in [2.05, 4.69) is 25.5 Å². The molecule has 0 aliphatic heterocycles. The first-order chi connectivity index (χ1) is 16.8. The van der Waals surface area contributed by atoms with Crippen molar-refractivity contribution in [2.45, 2.75) is 6.18 Å². The van der Waals surface area contributed by atoms with Crippen molar-refractivity contribution in [2.75, 3.05) is 5.32 Å². The second-order valence-electron chi connectivity index (χ2n) is 7.16. The van der Waals surface area contributed by atoms with Crippen molar-refractivity contribution < 1.29 is 22.4 Å². The molecule has 3 aromatic heterocycles. The molecule has 0 aliphatic rings. The maximum absolute atomic E-state index is 14.5. The highest BCUT2D eigenvalue weighted by atomic mass is 32.1. The summed E-state index contributed by atoms with van der Waals surface area (Å²) in [6, 6.07) is 12.0. The zero-order valence-corrected chi connectivity index (χ0v) is 18.3. The largest absolute Gasteiger partial charge is 0.416 e. The Balaban J connectivity index is 1.48. The van der Waals surface area contributed by atoms with Gasteiger partial charge in [0.05, 0.1) is 16.1 Å². The van der Waals surface area contributed by atoms with E-state index in [0.29, 0.717) is 4.88 Å². The van der Waals surface area contributed by atoms with Crippen LogP contribution in [0, 0.1) is 5.82 Å². The Morgan fingerprint density at radius 1 is 1.06 bits per heavy atom. The molecule has 0 bridgehead atoms. The number of nitrogens with zero attached hydrogens (tertiary/aromatic N) is 6. The number of carbonyl (C=O) groups excluding carboxylic acids is 1. The molecule has 2 aromatic carbocycles. The van der Waals surface area contributed by atoms with Crippen molar-refractivity contribution in [3.8, 4) is 22.1 Å². The number of aromatic nitrogens is 6. The molecule has 0 unspecified atom stereocenters. The summed E-state index contributed by atoms with van der Waals surface area (Å²) in [5.41, 5.74) is -0.522. The summed E-state index contributed by atoms with van der Waals surface area (Å²) in [4.78, 5) is 21.5. The zero-order valence-electron chi connectivity index (χ0n) is 17.4. The highest BCUT2D eigenvalue weighted by Gasteiger charge is 2.31. The highest BCUT2D eigenvalue weighted by Crippen LogP contribution is 2.32. The summed E-state index contributed by atoms with van der Waals surface area (Å²) in [6.45, 7) is 0. The summed E-state index contributed by atoms with van der Waals surface area (Å²) in [5.74, 6) is -1.53. The predicted molar refractivity (Wildman–Crippen MR) is 119 cm³/mol. The minimum absolute atomic E-state index is 0.0815. The van der Waals surface area contributed by atoms with Crippen molar-refractivity contribution >= 4 is 22.9 Å². The summed E-state index contributed by atoms with van der Waals surface area (Å²) in [5, 5.41) is 12.3. The van der Waals surface area contributed by atoms with Crippen LogP contribution in [0.5, 0.6) is 0 Å².